The van der Waals surface area contributed by atoms with Crippen LogP contribution in [0.4, 0.5) is 0 Å². The largest absolute Gasteiger partial charge is 0.388 e. The van der Waals surface area contributed by atoms with E-state index in [2.05, 4.69) is 11.9 Å². The fourth-order valence-corrected chi connectivity index (χ4v) is 2.92. The highest BCUT2D eigenvalue weighted by Gasteiger charge is 2.40. The fourth-order valence-electron chi connectivity index (χ4n) is 2.92. The Bertz CT molecular complexity index is 380. The van der Waals surface area contributed by atoms with Crippen molar-refractivity contribution in [3.05, 3.63) is 29.6 Å². The van der Waals surface area contributed by atoms with Crippen molar-refractivity contribution in [2.45, 2.75) is 45.6 Å². The molecule has 0 spiro atoms. The lowest BCUT2D eigenvalue weighted by molar-refractivity contribution is -0.00839. The van der Waals surface area contributed by atoms with Crippen LogP contribution in [-0.2, 0) is 0 Å². The molecule has 1 unspecified atom stereocenters. The first-order valence-corrected chi connectivity index (χ1v) is 6.88. The van der Waals surface area contributed by atoms with Gasteiger partial charge in [-0.1, -0.05) is 25.8 Å². The smallest absolute Gasteiger partial charge is 0.0873 e. The van der Waals surface area contributed by atoms with Gasteiger partial charge in [0.2, 0.25) is 0 Å². The summed E-state index contributed by atoms with van der Waals surface area (Å²) in [7, 11) is 0. The zero-order valence-electron chi connectivity index (χ0n) is 11.4. The van der Waals surface area contributed by atoms with Crippen LogP contribution in [0.15, 0.2) is 18.3 Å². The van der Waals surface area contributed by atoms with Crippen LogP contribution in [-0.4, -0.2) is 16.6 Å². The number of aryl methyl sites for hydroxylation is 1. The van der Waals surface area contributed by atoms with Crippen molar-refractivity contribution < 1.29 is 5.11 Å². The minimum atomic E-state index is -0.483. The van der Waals surface area contributed by atoms with Gasteiger partial charge >= 0.3 is 0 Å². The molecule has 0 aromatic carbocycles. The number of aliphatic hydroxyl groups is 1. The Hall–Kier alpha value is -0.930. The van der Waals surface area contributed by atoms with E-state index in [1.807, 2.05) is 19.1 Å². The number of aromatic nitrogens is 1. The van der Waals surface area contributed by atoms with Gasteiger partial charge in [0, 0.05) is 23.9 Å². The third kappa shape index (κ3) is 2.57. The number of hydrogen-bond acceptors (Lipinski definition) is 3. The molecule has 1 aromatic heterocycles. The Morgan fingerprint density at radius 2 is 2.11 bits per heavy atom. The normalized spacial score (nSPS) is 30.1. The Morgan fingerprint density at radius 1 is 1.44 bits per heavy atom. The van der Waals surface area contributed by atoms with Crippen LogP contribution in [0, 0.1) is 18.3 Å². The maximum Gasteiger partial charge on any atom is 0.0873 e. The van der Waals surface area contributed by atoms with E-state index >= 15 is 0 Å². The molecule has 0 bridgehead atoms. The summed E-state index contributed by atoms with van der Waals surface area (Å²) in [5, 5.41) is 10.7. The van der Waals surface area contributed by atoms with Crippen LogP contribution in [0.2, 0.25) is 0 Å². The molecule has 3 nitrogen and oxygen atoms in total. The third-order valence-electron chi connectivity index (χ3n) is 4.51. The molecule has 100 valence electrons. The molecular formula is C15H24N2O. The van der Waals surface area contributed by atoms with Crippen LogP contribution in [0.1, 0.15) is 50.0 Å². The second kappa shape index (κ2) is 5.37. The topological polar surface area (TPSA) is 59.1 Å². The minimum absolute atomic E-state index is 0.149. The van der Waals surface area contributed by atoms with Gasteiger partial charge in [0.1, 0.15) is 0 Å². The van der Waals surface area contributed by atoms with Gasteiger partial charge in [-0.3, -0.25) is 4.98 Å². The predicted octanol–water partition coefficient (Wildman–Crippen LogP) is 2.58. The van der Waals surface area contributed by atoms with Gasteiger partial charge in [0.15, 0.2) is 0 Å². The first-order valence-electron chi connectivity index (χ1n) is 6.88. The average molecular weight is 248 g/mol. The van der Waals surface area contributed by atoms with Gasteiger partial charge in [-0.2, -0.15) is 0 Å². The second-order valence-corrected chi connectivity index (χ2v) is 5.88. The Labute approximate surface area is 109 Å². The highest BCUT2D eigenvalue weighted by Crippen LogP contribution is 2.46. The highest BCUT2D eigenvalue weighted by molar-refractivity contribution is 5.18. The quantitative estimate of drug-likeness (QED) is 0.864. The molecule has 3 N–H and O–H groups in total. The van der Waals surface area contributed by atoms with Gasteiger partial charge in [0.25, 0.3) is 0 Å². The monoisotopic (exact) mass is 248 g/mol. The summed E-state index contributed by atoms with van der Waals surface area (Å²) in [6.45, 7) is 4.78. The number of pyridine rings is 1. The van der Waals surface area contributed by atoms with E-state index in [0.717, 1.165) is 42.9 Å². The number of nitrogens with zero attached hydrogens (tertiary/aromatic N) is 1. The van der Waals surface area contributed by atoms with Crippen LogP contribution in [0.5, 0.6) is 0 Å². The first kappa shape index (κ1) is 13.5. The predicted molar refractivity (Wildman–Crippen MR) is 73.1 cm³/mol. The molecule has 18 heavy (non-hydrogen) atoms. The summed E-state index contributed by atoms with van der Waals surface area (Å²) in [5.41, 5.74) is 7.70. The SMILES string of the molecule is Cc1ccc(C(O)C2(CN)CCC(C)CC2)cn1. The van der Waals surface area contributed by atoms with Gasteiger partial charge in [-0.25, -0.2) is 0 Å². The molecule has 0 saturated heterocycles. The van der Waals surface area contributed by atoms with Crippen molar-refractivity contribution in [1.29, 1.82) is 0 Å². The van der Waals surface area contributed by atoms with Crippen molar-refractivity contribution in [3.63, 3.8) is 0 Å². The van der Waals surface area contributed by atoms with E-state index in [1.165, 1.54) is 0 Å². The van der Waals surface area contributed by atoms with Crippen molar-refractivity contribution in [3.8, 4) is 0 Å². The molecule has 1 heterocycles. The summed E-state index contributed by atoms with van der Waals surface area (Å²) >= 11 is 0. The van der Waals surface area contributed by atoms with E-state index in [0.29, 0.717) is 6.54 Å². The molecule has 1 aromatic rings. The van der Waals surface area contributed by atoms with E-state index in [4.69, 9.17) is 5.73 Å². The zero-order chi connectivity index (χ0) is 13.2. The van der Waals surface area contributed by atoms with E-state index < -0.39 is 6.10 Å². The minimum Gasteiger partial charge on any atom is -0.388 e. The summed E-state index contributed by atoms with van der Waals surface area (Å²) in [5.74, 6) is 0.757. The maximum atomic E-state index is 10.7. The summed E-state index contributed by atoms with van der Waals surface area (Å²) in [6, 6.07) is 3.93. The molecule has 2 rings (SSSR count). The van der Waals surface area contributed by atoms with Crippen LogP contribution >= 0.6 is 0 Å². The number of aliphatic hydroxyl groups excluding tert-OH is 1. The van der Waals surface area contributed by atoms with Crippen LogP contribution in [0.25, 0.3) is 0 Å². The second-order valence-electron chi connectivity index (χ2n) is 5.88. The first-order chi connectivity index (χ1) is 8.57. The van der Waals surface area contributed by atoms with Gasteiger partial charge < -0.3 is 10.8 Å². The van der Waals surface area contributed by atoms with Crippen LogP contribution in [0.3, 0.4) is 0 Å². The Balaban J connectivity index is 2.19. The molecule has 0 aliphatic heterocycles. The number of nitrogens with two attached hydrogens (primary N) is 1. The van der Waals surface area contributed by atoms with Crippen molar-refractivity contribution >= 4 is 0 Å². The molecule has 1 aliphatic rings. The maximum absolute atomic E-state index is 10.7. The highest BCUT2D eigenvalue weighted by atomic mass is 16.3. The molecule has 1 saturated carbocycles. The molecule has 3 heteroatoms. The fraction of sp³-hybridized carbons (Fsp3) is 0.667. The molecule has 0 radical (unpaired) electrons. The van der Waals surface area contributed by atoms with E-state index in [-0.39, 0.29) is 5.41 Å². The molecule has 0 amide bonds. The Kier molecular flexibility index (Phi) is 4.03. The number of rotatable bonds is 3. The standard InChI is InChI=1S/C15H24N2O/c1-11-5-7-15(10-16,8-6-11)14(18)13-4-3-12(2)17-9-13/h3-4,9,11,14,18H,5-8,10,16H2,1-2H3. The molecule has 1 atom stereocenters. The average Bonchev–Trinajstić information content (AvgIpc) is 2.40. The summed E-state index contributed by atoms with van der Waals surface area (Å²) in [6.07, 6.45) is 5.65. The lowest BCUT2D eigenvalue weighted by Crippen LogP contribution is -2.40. The molecule has 1 aliphatic carbocycles. The van der Waals surface area contributed by atoms with Gasteiger partial charge in [-0.15, -0.1) is 0 Å². The van der Waals surface area contributed by atoms with Crippen molar-refractivity contribution in [2.75, 3.05) is 6.54 Å². The summed E-state index contributed by atoms with van der Waals surface area (Å²) < 4.78 is 0. The van der Waals surface area contributed by atoms with Crippen molar-refractivity contribution in [2.24, 2.45) is 17.1 Å². The third-order valence-corrected chi connectivity index (χ3v) is 4.51. The zero-order valence-corrected chi connectivity index (χ0v) is 11.4. The van der Waals surface area contributed by atoms with Gasteiger partial charge in [0.05, 0.1) is 6.10 Å². The Morgan fingerprint density at radius 3 is 2.61 bits per heavy atom. The lowest BCUT2D eigenvalue weighted by atomic mass is 9.66. The van der Waals surface area contributed by atoms with Gasteiger partial charge in [-0.05, 0) is 37.3 Å². The molecule has 1 fully saturated rings. The molecular weight excluding hydrogens is 224 g/mol. The number of hydrogen-bond donors (Lipinski definition) is 2. The van der Waals surface area contributed by atoms with Crippen LogP contribution < -0.4 is 5.73 Å². The van der Waals surface area contributed by atoms with E-state index in [1.54, 1.807) is 6.20 Å². The summed E-state index contributed by atoms with van der Waals surface area (Å²) in [4.78, 5) is 4.27. The van der Waals surface area contributed by atoms with Crippen molar-refractivity contribution in [1.82, 2.24) is 4.98 Å². The lowest BCUT2D eigenvalue weighted by Gasteiger charge is -2.42. The van der Waals surface area contributed by atoms with E-state index in [9.17, 15) is 5.11 Å².